The van der Waals surface area contributed by atoms with Crippen LogP contribution in [0.1, 0.15) is 18.9 Å². The molecule has 0 spiro atoms. The normalized spacial score (nSPS) is 20.5. The SMILES string of the molecule is CCOc1ccc(S(=O)(=O)N2CCN(C3CC(=O)N(c4ccccc4C(F)(F)F)C3=O)CC2)cc1. The number of carbonyl (C=O) groups is 2. The zero-order valence-electron chi connectivity index (χ0n) is 18.9. The van der Waals surface area contributed by atoms with Crippen LogP contribution in [-0.4, -0.2) is 68.3 Å². The monoisotopic (exact) mass is 511 g/mol. The Morgan fingerprint density at radius 2 is 1.60 bits per heavy atom. The van der Waals surface area contributed by atoms with Crippen LogP contribution in [0.25, 0.3) is 0 Å². The van der Waals surface area contributed by atoms with E-state index in [4.69, 9.17) is 4.74 Å². The topological polar surface area (TPSA) is 87.2 Å². The van der Waals surface area contributed by atoms with Crippen LogP contribution >= 0.6 is 0 Å². The van der Waals surface area contributed by atoms with E-state index in [2.05, 4.69) is 0 Å². The number of alkyl halides is 3. The minimum Gasteiger partial charge on any atom is -0.494 e. The highest BCUT2D eigenvalue weighted by molar-refractivity contribution is 7.89. The molecule has 2 saturated heterocycles. The zero-order chi connectivity index (χ0) is 25.4. The highest BCUT2D eigenvalue weighted by Gasteiger charge is 2.46. The molecule has 0 radical (unpaired) electrons. The molecule has 1 atom stereocenters. The number of piperazine rings is 1. The Labute approximate surface area is 200 Å². The maximum Gasteiger partial charge on any atom is 0.418 e. The van der Waals surface area contributed by atoms with E-state index < -0.39 is 45.3 Å². The van der Waals surface area contributed by atoms with Crippen LogP contribution in [0.5, 0.6) is 5.75 Å². The van der Waals surface area contributed by atoms with Crippen molar-refractivity contribution in [2.75, 3.05) is 37.7 Å². The lowest BCUT2D eigenvalue weighted by Gasteiger charge is -2.36. The van der Waals surface area contributed by atoms with Gasteiger partial charge >= 0.3 is 6.18 Å². The number of carbonyl (C=O) groups excluding carboxylic acids is 2. The summed E-state index contributed by atoms with van der Waals surface area (Å²) in [5.74, 6) is -0.909. The highest BCUT2D eigenvalue weighted by Crippen LogP contribution is 2.38. The molecular weight excluding hydrogens is 487 g/mol. The van der Waals surface area contributed by atoms with Gasteiger partial charge in [0, 0.05) is 26.2 Å². The fraction of sp³-hybridized carbons (Fsp3) is 0.391. The number of halogens is 3. The fourth-order valence-corrected chi connectivity index (χ4v) is 5.76. The van der Waals surface area contributed by atoms with Crippen molar-refractivity contribution >= 4 is 27.5 Å². The summed E-state index contributed by atoms with van der Waals surface area (Å²) in [7, 11) is -3.78. The number of imide groups is 1. The van der Waals surface area contributed by atoms with E-state index in [0.29, 0.717) is 17.3 Å². The van der Waals surface area contributed by atoms with Crippen LogP contribution in [0.15, 0.2) is 53.4 Å². The second-order valence-electron chi connectivity index (χ2n) is 8.15. The van der Waals surface area contributed by atoms with E-state index in [1.165, 1.54) is 28.6 Å². The van der Waals surface area contributed by atoms with Crippen molar-refractivity contribution in [3.8, 4) is 5.75 Å². The third kappa shape index (κ3) is 4.91. The van der Waals surface area contributed by atoms with Gasteiger partial charge in [-0.05, 0) is 43.3 Å². The molecule has 1 unspecified atom stereocenters. The van der Waals surface area contributed by atoms with Gasteiger partial charge in [0.15, 0.2) is 0 Å². The number of hydrogen-bond acceptors (Lipinski definition) is 6. The summed E-state index contributed by atoms with van der Waals surface area (Å²) in [5, 5.41) is 0. The van der Waals surface area contributed by atoms with Crippen molar-refractivity contribution < 1.29 is 35.9 Å². The molecular formula is C23H24F3N3O5S. The number of benzene rings is 2. The quantitative estimate of drug-likeness (QED) is 0.555. The second-order valence-corrected chi connectivity index (χ2v) is 10.1. The third-order valence-electron chi connectivity index (χ3n) is 6.06. The fourth-order valence-electron chi connectivity index (χ4n) is 4.34. The number of rotatable bonds is 6. The molecule has 8 nitrogen and oxygen atoms in total. The Hall–Kier alpha value is -2.96. The van der Waals surface area contributed by atoms with Gasteiger partial charge < -0.3 is 4.74 Å². The number of ether oxygens (including phenoxy) is 1. The average Bonchev–Trinajstić information content (AvgIpc) is 3.13. The lowest BCUT2D eigenvalue weighted by Crippen LogP contribution is -2.53. The minimum atomic E-state index is -4.73. The number of sulfonamides is 1. The van der Waals surface area contributed by atoms with E-state index in [1.54, 1.807) is 17.0 Å². The van der Waals surface area contributed by atoms with Gasteiger partial charge in [0.25, 0.3) is 5.91 Å². The van der Waals surface area contributed by atoms with E-state index in [0.717, 1.165) is 12.1 Å². The Balaban J connectivity index is 1.46. The molecule has 188 valence electrons. The van der Waals surface area contributed by atoms with Gasteiger partial charge in [-0.25, -0.2) is 13.3 Å². The van der Waals surface area contributed by atoms with Crippen LogP contribution in [0.2, 0.25) is 0 Å². The van der Waals surface area contributed by atoms with E-state index in [9.17, 15) is 31.2 Å². The molecule has 2 aromatic carbocycles. The molecule has 0 N–H and O–H groups in total. The van der Waals surface area contributed by atoms with Crippen LogP contribution in [0.3, 0.4) is 0 Å². The summed E-state index contributed by atoms with van der Waals surface area (Å²) in [4.78, 5) is 28.0. The lowest BCUT2D eigenvalue weighted by atomic mass is 10.1. The molecule has 0 aromatic heterocycles. The van der Waals surface area contributed by atoms with Crippen LogP contribution in [-0.2, 0) is 25.8 Å². The predicted octanol–water partition coefficient (Wildman–Crippen LogP) is 2.74. The third-order valence-corrected chi connectivity index (χ3v) is 7.97. The minimum absolute atomic E-state index is 0.0760. The van der Waals surface area contributed by atoms with Crippen molar-refractivity contribution in [1.29, 1.82) is 0 Å². The molecule has 0 saturated carbocycles. The second kappa shape index (κ2) is 9.59. The molecule has 0 bridgehead atoms. The molecule has 2 fully saturated rings. The van der Waals surface area contributed by atoms with Gasteiger partial charge in [-0.15, -0.1) is 0 Å². The van der Waals surface area contributed by atoms with Gasteiger partial charge in [0.1, 0.15) is 5.75 Å². The molecule has 2 heterocycles. The number of amides is 2. The molecule has 2 aliphatic rings. The van der Waals surface area contributed by atoms with E-state index >= 15 is 0 Å². The average molecular weight is 512 g/mol. The summed E-state index contributed by atoms with van der Waals surface area (Å²) in [6, 6.07) is 9.58. The molecule has 2 aliphatic heterocycles. The predicted molar refractivity (Wildman–Crippen MR) is 120 cm³/mol. The van der Waals surface area contributed by atoms with Gasteiger partial charge in [-0.2, -0.15) is 17.5 Å². The van der Waals surface area contributed by atoms with Crippen LogP contribution in [0.4, 0.5) is 18.9 Å². The highest BCUT2D eigenvalue weighted by atomic mass is 32.2. The summed E-state index contributed by atoms with van der Waals surface area (Å²) < 4.78 is 72.9. The zero-order valence-corrected chi connectivity index (χ0v) is 19.7. The standard InChI is InChI=1S/C23H24F3N3O5S/c1-2-34-16-7-9-17(10-8-16)35(32,33)28-13-11-27(12-14-28)20-15-21(30)29(22(20)31)19-6-4-3-5-18(19)23(24,25)26/h3-10,20H,2,11-15H2,1H3. The van der Waals surface area contributed by atoms with E-state index in [1.807, 2.05) is 6.92 Å². The molecule has 35 heavy (non-hydrogen) atoms. The number of para-hydroxylation sites is 1. The first-order chi connectivity index (χ1) is 16.5. The van der Waals surface area contributed by atoms with Gasteiger partial charge in [0.05, 0.1) is 35.2 Å². The summed E-state index contributed by atoms with van der Waals surface area (Å²) in [6.45, 7) is 2.75. The smallest absolute Gasteiger partial charge is 0.418 e. The molecule has 2 amide bonds. The molecule has 12 heteroatoms. The van der Waals surface area contributed by atoms with Gasteiger partial charge in [-0.3, -0.25) is 14.5 Å². The number of anilines is 1. The van der Waals surface area contributed by atoms with Gasteiger partial charge in [-0.1, -0.05) is 12.1 Å². The van der Waals surface area contributed by atoms with Crippen molar-refractivity contribution in [3.05, 3.63) is 54.1 Å². The Kier molecular flexibility index (Phi) is 6.89. The van der Waals surface area contributed by atoms with Crippen molar-refractivity contribution in [3.63, 3.8) is 0 Å². The van der Waals surface area contributed by atoms with Crippen molar-refractivity contribution in [2.24, 2.45) is 0 Å². The summed E-state index contributed by atoms with van der Waals surface area (Å²) in [6.07, 6.45) is -4.99. The first kappa shape index (κ1) is 25.1. The maximum absolute atomic E-state index is 13.4. The summed E-state index contributed by atoms with van der Waals surface area (Å²) >= 11 is 0. The first-order valence-corrected chi connectivity index (χ1v) is 12.5. The Bertz CT molecular complexity index is 1210. The number of nitrogens with zero attached hydrogens (tertiary/aromatic N) is 3. The summed E-state index contributed by atoms with van der Waals surface area (Å²) in [5.41, 5.74) is -1.55. The maximum atomic E-state index is 13.4. The Morgan fingerprint density at radius 1 is 0.971 bits per heavy atom. The molecule has 4 rings (SSSR count). The molecule has 2 aromatic rings. The lowest BCUT2D eigenvalue weighted by molar-refractivity contribution is -0.137. The van der Waals surface area contributed by atoms with Crippen molar-refractivity contribution in [2.45, 2.75) is 30.5 Å². The van der Waals surface area contributed by atoms with Crippen LogP contribution < -0.4 is 9.64 Å². The molecule has 0 aliphatic carbocycles. The van der Waals surface area contributed by atoms with E-state index in [-0.39, 0.29) is 37.5 Å². The first-order valence-electron chi connectivity index (χ1n) is 11.0. The number of hydrogen-bond donors (Lipinski definition) is 0. The van der Waals surface area contributed by atoms with Crippen LogP contribution in [0, 0.1) is 0 Å². The Morgan fingerprint density at radius 3 is 2.20 bits per heavy atom. The van der Waals surface area contributed by atoms with Gasteiger partial charge in [0.2, 0.25) is 15.9 Å². The largest absolute Gasteiger partial charge is 0.494 e. The van der Waals surface area contributed by atoms with Crippen molar-refractivity contribution in [1.82, 2.24) is 9.21 Å².